The second-order valence-electron chi connectivity index (χ2n) is 13.5. The topological polar surface area (TPSA) is 26.3 Å². The third-order valence-corrected chi connectivity index (χ3v) is 10.7. The third-order valence-electron chi connectivity index (χ3n) is 10.7. The number of hydrogen-bond donors (Lipinski definition) is 0. The van der Waals surface area contributed by atoms with E-state index in [0.29, 0.717) is 0 Å². The summed E-state index contributed by atoms with van der Waals surface area (Å²) in [5, 5.41) is 11.9. The van der Waals surface area contributed by atoms with Gasteiger partial charge in [0.05, 0.1) is 6.26 Å². The molecule has 0 saturated heterocycles. The second kappa shape index (κ2) is 11.3. The van der Waals surface area contributed by atoms with E-state index < -0.39 is 0 Å². The summed E-state index contributed by atoms with van der Waals surface area (Å²) in [6.07, 6.45) is 1.75. The number of hydrogen-bond acceptors (Lipinski definition) is 2. The highest BCUT2D eigenvalue weighted by molar-refractivity contribution is 6.26. The van der Waals surface area contributed by atoms with Crippen molar-refractivity contribution in [3.05, 3.63) is 182 Å². The molecule has 0 aliphatic carbocycles. The Bertz CT molecular complexity index is 3050. The van der Waals surface area contributed by atoms with Crippen molar-refractivity contribution in [1.29, 1.82) is 0 Å². The summed E-state index contributed by atoms with van der Waals surface area (Å²) in [4.78, 5) is 0. The molecule has 0 saturated carbocycles. The van der Waals surface area contributed by atoms with Gasteiger partial charge in [-0.2, -0.15) is 0 Å². The molecule has 0 amide bonds. The molecule has 9 aromatic carbocycles. The van der Waals surface area contributed by atoms with Crippen molar-refractivity contribution in [3.63, 3.8) is 0 Å². The molecule has 11 rings (SSSR count). The fraction of sp³-hybridized carbons (Fsp3) is 0. The van der Waals surface area contributed by atoms with E-state index in [9.17, 15) is 0 Å². The molecule has 0 fully saturated rings. The third kappa shape index (κ3) is 4.19. The summed E-state index contributed by atoms with van der Waals surface area (Å²) in [6.45, 7) is 0. The first-order valence-corrected chi connectivity index (χ1v) is 17.8. The van der Waals surface area contributed by atoms with E-state index in [2.05, 4.69) is 164 Å². The molecule has 52 heavy (non-hydrogen) atoms. The van der Waals surface area contributed by atoms with Crippen LogP contribution >= 0.6 is 0 Å². The molecule has 2 heteroatoms. The van der Waals surface area contributed by atoms with Crippen LogP contribution in [0.5, 0.6) is 0 Å². The first kappa shape index (κ1) is 28.9. The minimum absolute atomic E-state index is 0.871. The van der Waals surface area contributed by atoms with E-state index in [-0.39, 0.29) is 0 Å². The molecule has 0 radical (unpaired) electrons. The number of furan rings is 2. The van der Waals surface area contributed by atoms with Crippen LogP contribution < -0.4 is 0 Å². The van der Waals surface area contributed by atoms with Crippen molar-refractivity contribution < 1.29 is 8.83 Å². The zero-order chi connectivity index (χ0) is 34.2. The highest BCUT2D eigenvalue weighted by Crippen LogP contribution is 2.48. The monoisotopic (exact) mass is 662 g/mol. The van der Waals surface area contributed by atoms with Gasteiger partial charge in [-0.15, -0.1) is 0 Å². The molecule has 2 nitrogen and oxygen atoms in total. The van der Waals surface area contributed by atoms with Gasteiger partial charge < -0.3 is 8.83 Å². The summed E-state index contributed by atoms with van der Waals surface area (Å²) in [5.74, 6) is 0.871. The summed E-state index contributed by atoms with van der Waals surface area (Å²) in [7, 11) is 0. The summed E-state index contributed by atoms with van der Waals surface area (Å²) >= 11 is 0. The Hall–Kier alpha value is -6.90. The number of rotatable bonds is 4. The Kier molecular flexibility index (Phi) is 6.28. The number of fused-ring (bicyclic) bond motifs is 7. The van der Waals surface area contributed by atoms with E-state index >= 15 is 0 Å². The maximum atomic E-state index is 6.79. The Labute approximate surface area is 299 Å². The van der Waals surface area contributed by atoms with Crippen LogP contribution in [0.4, 0.5) is 0 Å². The van der Waals surface area contributed by atoms with Crippen molar-refractivity contribution in [2.24, 2.45) is 0 Å². The molecule has 0 N–H and O–H groups in total. The minimum atomic E-state index is 0.871. The Morgan fingerprint density at radius 1 is 0.308 bits per heavy atom. The van der Waals surface area contributed by atoms with E-state index in [0.717, 1.165) is 49.6 Å². The molecule has 0 bridgehead atoms. The van der Waals surface area contributed by atoms with Crippen molar-refractivity contribution in [1.82, 2.24) is 0 Å². The van der Waals surface area contributed by atoms with E-state index in [4.69, 9.17) is 8.83 Å². The zero-order valence-electron chi connectivity index (χ0n) is 28.1. The molecule has 11 aromatic rings. The molecular weight excluding hydrogens is 633 g/mol. The highest BCUT2D eigenvalue weighted by Gasteiger charge is 2.22. The quantitative estimate of drug-likeness (QED) is 0.175. The molecule has 242 valence electrons. The van der Waals surface area contributed by atoms with E-state index in [1.165, 1.54) is 60.1 Å². The molecule has 0 unspecified atom stereocenters. The van der Waals surface area contributed by atoms with Crippen LogP contribution in [0.15, 0.2) is 191 Å². The van der Waals surface area contributed by atoms with Crippen LogP contribution in [-0.2, 0) is 0 Å². The normalized spacial score (nSPS) is 11.8. The van der Waals surface area contributed by atoms with Gasteiger partial charge in [-0.3, -0.25) is 0 Å². The van der Waals surface area contributed by atoms with Crippen LogP contribution in [0, 0.1) is 0 Å². The van der Waals surface area contributed by atoms with Gasteiger partial charge in [0.1, 0.15) is 16.9 Å². The maximum Gasteiger partial charge on any atom is 0.136 e. The van der Waals surface area contributed by atoms with Gasteiger partial charge in [0.2, 0.25) is 0 Å². The Balaban J connectivity index is 1.19. The second-order valence-corrected chi connectivity index (χ2v) is 13.5. The first-order chi connectivity index (χ1) is 25.8. The standard InChI is InChI=1S/C50H30O2/c1-2-14-31(15-3-1)46-33-16-4-8-20-37(33)48(38-21-9-5-17-34(38)46)42-24-12-25-44-50(42)41-28-27-32(30-45(41)52-44)47-35-18-6-10-22-39(35)49(43-26-13-29-51-43)40-23-11-7-19-36(40)47/h1-30H. The highest BCUT2D eigenvalue weighted by atomic mass is 16.3. The van der Waals surface area contributed by atoms with E-state index in [1.54, 1.807) is 6.26 Å². The van der Waals surface area contributed by atoms with Crippen molar-refractivity contribution in [3.8, 4) is 44.7 Å². The van der Waals surface area contributed by atoms with Gasteiger partial charge in [-0.1, -0.05) is 146 Å². The lowest BCUT2D eigenvalue weighted by molar-refractivity contribution is 0.583. The fourth-order valence-electron chi connectivity index (χ4n) is 8.65. The molecule has 0 aliphatic rings. The predicted octanol–water partition coefficient (Wildman–Crippen LogP) is 14.5. The fourth-order valence-corrected chi connectivity index (χ4v) is 8.65. The van der Waals surface area contributed by atoms with Crippen molar-refractivity contribution >= 4 is 65.0 Å². The van der Waals surface area contributed by atoms with Crippen molar-refractivity contribution in [2.75, 3.05) is 0 Å². The average molecular weight is 663 g/mol. The SMILES string of the molecule is c1ccc(-c2c3ccccc3c(-c3cccc4oc5cc(-c6c7ccccc7c(-c7ccco7)c7ccccc67)ccc5c34)c3ccccc23)cc1. The van der Waals surface area contributed by atoms with Crippen LogP contribution in [0.25, 0.3) is 110 Å². The average Bonchev–Trinajstić information content (AvgIpc) is 3.87. The first-order valence-electron chi connectivity index (χ1n) is 17.8. The van der Waals surface area contributed by atoms with Crippen LogP contribution in [-0.4, -0.2) is 0 Å². The summed E-state index contributed by atoms with van der Waals surface area (Å²) in [6, 6.07) is 63.0. The molecule has 0 spiro atoms. The molecule has 2 aromatic heterocycles. The number of benzene rings is 9. The lowest BCUT2D eigenvalue weighted by Crippen LogP contribution is -1.91. The zero-order valence-corrected chi connectivity index (χ0v) is 28.1. The largest absolute Gasteiger partial charge is 0.464 e. The van der Waals surface area contributed by atoms with Gasteiger partial charge in [-0.25, -0.2) is 0 Å². The summed E-state index contributed by atoms with van der Waals surface area (Å²) < 4.78 is 12.8. The van der Waals surface area contributed by atoms with Gasteiger partial charge in [0, 0.05) is 16.3 Å². The Morgan fingerprint density at radius 3 is 1.38 bits per heavy atom. The predicted molar refractivity (Wildman–Crippen MR) is 218 cm³/mol. The molecule has 0 aliphatic heterocycles. The van der Waals surface area contributed by atoms with Crippen LogP contribution in [0.3, 0.4) is 0 Å². The van der Waals surface area contributed by atoms with Gasteiger partial charge in [0.15, 0.2) is 0 Å². The minimum Gasteiger partial charge on any atom is -0.464 e. The van der Waals surface area contributed by atoms with E-state index in [1.807, 2.05) is 12.1 Å². The van der Waals surface area contributed by atoms with Crippen LogP contribution in [0.2, 0.25) is 0 Å². The van der Waals surface area contributed by atoms with Crippen LogP contribution in [0.1, 0.15) is 0 Å². The summed E-state index contributed by atoms with van der Waals surface area (Å²) in [5.41, 5.74) is 10.1. The lowest BCUT2D eigenvalue weighted by Gasteiger charge is -2.18. The van der Waals surface area contributed by atoms with Gasteiger partial charge in [-0.05, 0) is 107 Å². The van der Waals surface area contributed by atoms with Gasteiger partial charge in [0.25, 0.3) is 0 Å². The lowest BCUT2D eigenvalue weighted by atomic mass is 9.85. The van der Waals surface area contributed by atoms with Crippen molar-refractivity contribution in [2.45, 2.75) is 0 Å². The smallest absolute Gasteiger partial charge is 0.136 e. The molecular formula is C50H30O2. The van der Waals surface area contributed by atoms with Gasteiger partial charge >= 0.3 is 0 Å². The maximum absolute atomic E-state index is 6.79. The Morgan fingerprint density at radius 2 is 0.827 bits per heavy atom. The molecule has 2 heterocycles. The molecule has 0 atom stereocenters.